The second kappa shape index (κ2) is 9.02. The molecule has 0 radical (unpaired) electrons. The first kappa shape index (κ1) is 19.5. The summed E-state index contributed by atoms with van der Waals surface area (Å²) >= 11 is 0. The summed E-state index contributed by atoms with van der Waals surface area (Å²) in [5.74, 6) is -0.431. The highest BCUT2D eigenvalue weighted by atomic mass is 16.5. The van der Waals surface area contributed by atoms with E-state index >= 15 is 0 Å². The first-order chi connectivity index (χ1) is 12.0. The number of hydrogen-bond acceptors (Lipinski definition) is 5. The summed E-state index contributed by atoms with van der Waals surface area (Å²) in [5.41, 5.74) is -0.571. The van der Waals surface area contributed by atoms with E-state index in [9.17, 15) is 9.59 Å². The van der Waals surface area contributed by atoms with Gasteiger partial charge in [0.25, 0.3) is 5.56 Å². The Morgan fingerprint density at radius 3 is 2.04 bits per heavy atom. The molecular weight excluding hydrogens is 320 g/mol. The topological polar surface area (TPSA) is 70.4 Å². The lowest BCUT2D eigenvalue weighted by Gasteiger charge is -2.31. The number of hydrogen-bond donors (Lipinski definition) is 0. The van der Waals surface area contributed by atoms with Crippen molar-refractivity contribution in [2.45, 2.75) is 76.7 Å². The molecule has 0 aromatic carbocycles. The Morgan fingerprint density at radius 2 is 1.56 bits per heavy atom. The molecule has 0 spiro atoms. The molecule has 1 aliphatic rings. The lowest BCUT2D eigenvalue weighted by Crippen LogP contribution is -2.41. The van der Waals surface area contributed by atoms with E-state index < -0.39 is 11.5 Å². The van der Waals surface area contributed by atoms with Crippen LogP contribution in [0, 0.1) is 0 Å². The molecule has 0 atom stereocenters. The molecule has 0 bridgehead atoms. The average Bonchev–Trinajstić information content (AvgIpc) is 2.66. The SMILES string of the molecule is COC(=O)c1nn(C2(C)CCCCCCCCCC2)c(=O)cc1OC. The number of rotatable bonds is 3. The van der Waals surface area contributed by atoms with Gasteiger partial charge in [-0.25, -0.2) is 9.48 Å². The van der Waals surface area contributed by atoms with Gasteiger partial charge in [0.1, 0.15) is 0 Å². The molecule has 2 rings (SSSR count). The Kier molecular flexibility index (Phi) is 7.02. The van der Waals surface area contributed by atoms with Gasteiger partial charge in [-0.15, -0.1) is 0 Å². The summed E-state index contributed by atoms with van der Waals surface area (Å²) in [4.78, 5) is 24.7. The highest BCUT2D eigenvalue weighted by Gasteiger charge is 2.30. The smallest absolute Gasteiger partial charge is 0.362 e. The molecule has 6 heteroatoms. The van der Waals surface area contributed by atoms with Crippen LogP contribution < -0.4 is 10.3 Å². The molecule has 1 aromatic rings. The Bertz CT molecular complexity index is 627. The van der Waals surface area contributed by atoms with E-state index in [-0.39, 0.29) is 17.0 Å². The Hall–Kier alpha value is -1.85. The van der Waals surface area contributed by atoms with E-state index in [1.165, 1.54) is 63.5 Å². The molecular formula is C19H30N2O4. The van der Waals surface area contributed by atoms with Crippen molar-refractivity contribution in [2.24, 2.45) is 0 Å². The van der Waals surface area contributed by atoms with Crippen LogP contribution in [0.4, 0.5) is 0 Å². The van der Waals surface area contributed by atoms with Crippen molar-refractivity contribution in [3.05, 3.63) is 22.1 Å². The van der Waals surface area contributed by atoms with Gasteiger partial charge in [-0.1, -0.05) is 51.4 Å². The van der Waals surface area contributed by atoms with Crippen molar-refractivity contribution >= 4 is 5.97 Å². The van der Waals surface area contributed by atoms with Gasteiger partial charge in [0.05, 0.1) is 19.8 Å². The lowest BCUT2D eigenvalue weighted by molar-refractivity contribution is 0.0583. The third kappa shape index (κ3) is 4.83. The molecule has 1 fully saturated rings. The van der Waals surface area contributed by atoms with Gasteiger partial charge in [0.15, 0.2) is 5.75 Å². The van der Waals surface area contributed by atoms with Crippen molar-refractivity contribution in [1.29, 1.82) is 0 Å². The molecule has 140 valence electrons. The van der Waals surface area contributed by atoms with Gasteiger partial charge < -0.3 is 9.47 Å². The molecule has 0 aliphatic heterocycles. The van der Waals surface area contributed by atoms with Gasteiger partial charge in [0.2, 0.25) is 5.69 Å². The zero-order valence-electron chi connectivity index (χ0n) is 15.7. The van der Waals surface area contributed by atoms with E-state index in [2.05, 4.69) is 12.0 Å². The fourth-order valence-electron chi connectivity index (χ4n) is 3.63. The third-order valence-corrected chi connectivity index (χ3v) is 5.19. The first-order valence-corrected chi connectivity index (χ1v) is 9.29. The second-order valence-corrected chi connectivity index (χ2v) is 7.13. The summed E-state index contributed by atoms with van der Waals surface area (Å²) in [6.07, 6.45) is 11.3. The summed E-state index contributed by atoms with van der Waals surface area (Å²) in [6.45, 7) is 2.08. The van der Waals surface area contributed by atoms with Crippen LogP contribution in [0.3, 0.4) is 0 Å². The van der Waals surface area contributed by atoms with E-state index in [0.717, 1.165) is 25.7 Å². The predicted octanol–water partition coefficient (Wildman–Crippen LogP) is 3.67. The maximum atomic E-state index is 12.7. The minimum atomic E-state index is -0.592. The lowest BCUT2D eigenvalue weighted by atomic mass is 9.88. The van der Waals surface area contributed by atoms with E-state index in [1.807, 2.05) is 0 Å². The molecule has 1 aromatic heterocycles. The van der Waals surface area contributed by atoms with Crippen molar-refractivity contribution < 1.29 is 14.3 Å². The monoisotopic (exact) mass is 350 g/mol. The van der Waals surface area contributed by atoms with Crippen molar-refractivity contribution in [3.8, 4) is 5.75 Å². The van der Waals surface area contributed by atoms with Crippen LogP contribution in [0.1, 0.15) is 81.6 Å². The minimum absolute atomic E-state index is 0.0557. The highest BCUT2D eigenvalue weighted by molar-refractivity contribution is 5.89. The number of carbonyl (C=O) groups excluding carboxylic acids is 1. The van der Waals surface area contributed by atoms with Gasteiger partial charge in [-0.05, 0) is 19.8 Å². The second-order valence-electron chi connectivity index (χ2n) is 7.13. The van der Waals surface area contributed by atoms with Crippen LogP contribution in [-0.2, 0) is 10.3 Å². The maximum Gasteiger partial charge on any atom is 0.362 e. The largest absolute Gasteiger partial charge is 0.494 e. The molecule has 1 heterocycles. The summed E-state index contributed by atoms with van der Waals surface area (Å²) in [6, 6.07) is 1.34. The average molecular weight is 350 g/mol. The van der Waals surface area contributed by atoms with Crippen LogP contribution in [0.2, 0.25) is 0 Å². The van der Waals surface area contributed by atoms with Gasteiger partial charge in [0, 0.05) is 6.07 Å². The van der Waals surface area contributed by atoms with Gasteiger partial charge >= 0.3 is 5.97 Å². The molecule has 25 heavy (non-hydrogen) atoms. The summed E-state index contributed by atoms with van der Waals surface area (Å²) < 4.78 is 11.4. The molecule has 0 amide bonds. The third-order valence-electron chi connectivity index (χ3n) is 5.19. The number of esters is 1. The standard InChI is InChI=1S/C19H30N2O4/c1-19(12-10-8-6-4-5-7-9-11-13-19)21-16(22)14-15(24-2)17(20-21)18(23)25-3/h14H,4-13H2,1-3H3. The van der Waals surface area contributed by atoms with Crippen LogP contribution in [0.15, 0.2) is 10.9 Å². The normalized spacial score (nSPS) is 18.8. The van der Waals surface area contributed by atoms with Crippen LogP contribution >= 0.6 is 0 Å². The van der Waals surface area contributed by atoms with Crippen molar-refractivity contribution in [1.82, 2.24) is 9.78 Å². The molecule has 1 aliphatic carbocycles. The van der Waals surface area contributed by atoms with Crippen LogP contribution in [-0.4, -0.2) is 30.0 Å². The summed E-state index contributed by atoms with van der Waals surface area (Å²) in [5, 5.41) is 4.36. The van der Waals surface area contributed by atoms with E-state index in [4.69, 9.17) is 9.47 Å². The van der Waals surface area contributed by atoms with Gasteiger partial charge in [-0.3, -0.25) is 4.79 Å². The number of methoxy groups -OCH3 is 2. The van der Waals surface area contributed by atoms with E-state index in [1.54, 1.807) is 0 Å². The number of ether oxygens (including phenoxy) is 2. The minimum Gasteiger partial charge on any atom is -0.494 e. The molecule has 0 N–H and O–H groups in total. The van der Waals surface area contributed by atoms with E-state index in [0.29, 0.717) is 0 Å². The van der Waals surface area contributed by atoms with Crippen molar-refractivity contribution in [3.63, 3.8) is 0 Å². The molecule has 0 unspecified atom stereocenters. The molecule has 6 nitrogen and oxygen atoms in total. The first-order valence-electron chi connectivity index (χ1n) is 9.29. The Morgan fingerprint density at radius 1 is 1.04 bits per heavy atom. The molecule has 1 saturated carbocycles. The molecule has 0 saturated heterocycles. The zero-order valence-corrected chi connectivity index (χ0v) is 15.7. The zero-order chi connectivity index (χ0) is 18.3. The number of carbonyl (C=O) groups is 1. The predicted molar refractivity (Wildman–Crippen MR) is 96.2 cm³/mol. The maximum absolute atomic E-state index is 12.7. The Labute approximate surface area is 149 Å². The van der Waals surface area contributed by atoms with Gasteiger partial charge in [-0.2, -0.15) is 5.10 Å². The fraction of sp³-hybridized carbons (Fsp3) is 0.737. The quantitative estimate of drug-likeness (QED) is 0.778. The Balaban J connectivity index is 2.40. The number of aromatic nitrogens is 2. The van der Waals surface area contributed by atoms with Crippen LogP contribution in [0.25, 0.3) is 0 Å². The van der Waals surface area contributed by atoms with Crippen molar-refractivity contribution in [2.75, 3.05) is 14.2 Å². The number of nitrogens with zero attached hydrogens (tertiary/aromatic N) is 2. The summed E-state index contributed by atoms with van der Waals surface area (Å²) in [7, 11) is 2.72. The fourth-order valence-corrected chi connectivity index (χ4v) is 3.63. The highest BCUT2D eigenvalue weighted by Crippen LogP contribution is 2.30. The van der Waals surface area contributed by atoms with Crippen LogP contribution in [0.5, 0.6) is 5.75 Å².